The number of carbonyl (C=O) groups is 1. The lowest BCUT2D eigenvalue weighted by Gasteiger charge is -2.06. The first-order chi connectivity index (χ1) is 10.7. The average Bonchev–Trinajstić information content (AvgIpc) is 2.54. The van der Waals surface area contributed by atoms with Crippen molar-refractivity contribution in [2.75, 3.05) is 18.2 Å². The second kappa shape index (κ2) is 8.29. The molecule has 2 rings (SSSR count). The van der Waals surface area contributed by atoms with E-state index in [1.54, 1.807) is 17.8 Å². The zero-order chi connectivity index (χ0) is 15.8. The monoisotopic (exact) mass is 313 g/mol. The van der Waals surface area contributed by atoms with Gasteiger partial charge in [0, 0.05) is 22.2 Å². The third-order valence-corrected chi connectivity index (χ3v) is 3.70. The van der Waals surface area contributed by atoms with E-state index in [2.05, 4.69) is 5.32 Å². The highest BCUT2D eigenvalue weighted by Gasteiger charge is 2.01. The molecular formula is C18H19NO2S. The quantitative estimate of drug-likeness (QED) is 0.632. The molecule has 0 unspecified atom stereocenters. The van der Waals surface area contributed by atoms with Crippen molar-refractivity contribution in [1.82, 2.24) is 0 Å². The van der Waals surface area contributed by atoms with E-state index >= 15 is 0 Å². The summed E-state index contributed by atoms with van der Waals surface area (Å²) < 4.78 is 5.53. The zero-order valence-corrected chi connectivity index (χ0v) is 13.5. The first-order valence-corrected chi connectivity index (χ1v) is 8.30. The molecule has 3 nitrogen and oxygen atoms in total. The number of amides is 1. The van der Waals surface area contributed by atoms with Crippen molar-refractivity contribution in [3.63, 3.8) is 0 Å². The Hall–Kier alpha value is -2.20. The van der Waals surface area contributed by atoms with Gasteiger partial charge >= 0.3 is 0 Å². The van der Waals surface area contributed by atoms with Gasteiger partial charge < -0.3 is 10.1 Å². The third kappa shape index (κ3) is 4.67. The number of thioether (sulfide) groups is 1. The maximum absolute atomic E-state index is 12.0. The van der Waals surface area contributed by atoms with E-state index < -0.39 is 0 Å². The van der Waals surface area contributed by atoms with Gasteiger partial charge in [0.1, 0.15) is 5.75 Å². The van der Waals surface area contributed by atoms with Crippen LogP contribution in [0.2, 0.25) is 0 Å². The predicted octanol–water partition coefficient (Wildman–Crippen LogP) is 4.46. The molecule has 1 amide bonds. The Morgan fingerprint density at radius 2 is 2.05 bits per heavy atom. The topological polar surface area (TPSA) is 38.3 Å². The normalized spacial score (nSPS) is 10.6. The molecular weight excluding hydrogens is 294 g/mol. The van der Waals surface area contributed by atoms with Crippen molar-refractivity contribution in [2.45, 2.75) is 11.8 Å². The Balaban J connectivity index is 2.05. The van der Waals surface area contributed by atoms with Crippen molar-refractivity contribution < 1.29 is 9.53 Å². The van der Waals surface area contributed by atoms with Gasteiger partial charge in [-0.1, -0.05) is 24.3 Å². The molecule has 0 aliphatic rings. The second-order valence-corrected chi connectivity index (χ2v) is 5.41. The summed E-state index contributed by atoms with van der Waals surface area (Å²) in [5, 5.41) is 2.86. The molecule has 4 heteroatoms. The fourth-order valence-electron chi connectivity index (χ4n) is 1.96. The molecule has 0 saturated carbocycles. The third-order valence-electron chi connectivity index (χ3n) is 2.97. The summed E-state index contributed by atoms with van der Waals surface area (Å²) in [6.45, 7) is 2.53. The van der Waals surface area contributed by atoms with E-state index in [4.69, 9.17) is 4.74 Å². The van der Waals surface area contributed by atoms with Gasteiger partial charge in [0.25, 0.3) is 0 Å². The molecule has 1 N–H and O–H groups in total. The molecule has 0 atom stereocenters. The minimum absolute atomic E-state index is 0.162. The summed E-state index contributed by atoms with van der Waals surface area (Å²) in [7, 11) is 0. The summed E-state index contributed by atoms with van der Waals surface area (Å²) >= 11 is 1.64. The molecule has 114 valence electrons. The summed E-state index contributed by atoms with van der Waals surface area (Å²) in [4.78, 5) is 13.1. The lowest BCUT2D eigenvalue weighted by Crippen LogP contribution is -2.07. The number of benzene rings is 2. The Morgan fingerprint density at radius 3 is 2.82 bits per heavy atom. The van der Waals surface area contributed by atoms with Crippen LogP contribution < -0.4 is 10.1 Å². The Morgan fingerprint density at radius 1 is 1.23 bits per heavy atom. The largest absolute Gasteiger partial charge is 0.493 e. The number of hydrogen-bond acceptors (Lipinski definition) is 3. The van der Waals surface area contributed by atoms with Gasteiger partial charge in [0.05, 0.1) is 6.61 Å². The summed E-state index contributed by atoms with van der Waals surface area (Å²) in [6, 6.07) is 15.4. The van der Waals surface area contributed by atoms with Crippen molar-refractivity contribution in [3.05, 3.63) is 60.2 Å². The van der Waals surface area contributed by atoms with Crippen molar-refractivity contribution in [2.24, 2.45) is 0 Å². The highest BCUT2D eigenvalue weighted by atomic mass is 32.2. The Bertz CT molecular complexity index is 668. The SMILES string of the molecule is CCOc1ccccc1/C=C/C(=O)Nc1cccc(SC)c1. The molecule has 0 saturated heterocycles. The van der Waals surface area contributed by atoms with Crippen LogP contribution in [0.3, 0.4) is 0 Å². The number of ether oxygens (including phenoxy) is 1. The zero-order valence-electron chi connectivity index (χ0n) is 12.7. The minimum Gasteiger partial charge on any atom is -0.493 e. The van der Waals surface area contributed by atoms with Crippen LogP contribution in [0, 0.1) is 0 Å². The lowest BCUT2D eigenvalue weighted by atomic mass is 10.2. The maximum Gasteiger partial charge on any atom is 0.248 e. The van der Waals surface area contributed by atoms with Crippen LogP contribution in [0.15, 0.2) is 59.5 Å². The van der Waals surface area contributed by atoms with Gasteiger partial charge in [0.15, 0.2) is 0 Å². The standard InChI is InChI=1S/C18H19NO2S/c1-3-21-17-10-5-4-7-14(17)11-12-18(20)19-15-8-6-9-16(13-15)22-2/h4-13H,3H2,1-2H3,(H,19,20)/b12-11+. The van der Waals surface area contributed by atoms with Crippen LogP contribution in [0.1, 0.15) is 12.5 Å². The van der Waals surface area contributed by atoms with E-state index in [1.165, 1.54) is 6.08 Å². The summed E-state index contributed by atoms with van der Waals surface area (Å²) in [6.07, 6.45) is 5.29. The highest BCUT2D eigenvalue weighted by molar-refractivity contribution is 7.98. The van der Waals surface area contributed by atoms with Crippen molar-refractivity contribution in [1.29, 1.82) is 0 Å². The van der Waals surface area contributed by atoms with Gasteiger partial charge in [-0.25, -0.2) is 0 Å². The lowest BCUT2D eigenvalue weighted by molar-refractivity contribution is -0.111. The van der Waals surface area contributed by atoms with Crippen LogP contribution in [-0.2, 0) is 4.79 Å². The summed E-state index contributed by atoms with van der Waals surface area (Å²) in [5.41, 5.74) is 1.68. The van der Waals surface area contributed by atoms with Crippen molar-refractivity contribution in [3.8, 4) is 5.75 Å². The molecule has 2 aromatic rings. The fraction of sp³-hybridized carbons (Fsp3) is 0.167. The number of hydrogen-bond donors (Lipinski definition) is 1. The number of rotatable bonds is 6. The molecule has 0 heterocycles. The van der Waals surface area contributed by atoms with Crippen LogP contribution in [0.4, 0.5) is 5.69 Å². The van der Waals surface area contributed by atoms with Gasteiger partial charge in [-0.05, 0) is 43.5 Å². The fourth-order valence-corrected chi connectivity index (χ4v) is 2.41. The number of carbonyl (C=O) groups excluding carboxylic acids is 1. The molecule has 0 aliphatic carbocycles. The maximum atomic E-state index is 12.0. The molecule has 2 aromatic carbocycles. The smallest absolute Gasteiger partial charge is 0.248 e. The summed E-state index contributed by atoms with van der Waals surface area (Å²) in [5.74, 6) is 0.614. The van der Waals surface area contributed by atoms with Crippen LogP contribution in [0.5, 0.6) is 5.75 Å². The minimum atomic E-state index is -0.162. The molecule has 0 radical (unpaired) electrons. The predicted molar refractivity (Wildman–Crippen MR) is 93.5 cm³/mol. The number of anilines is 1. The van der Waals surface area contributed by atoms with E-state index in [0.29, 0.717) is 6.61 Å². The van der Waals surface area contributed by atoms with Gasteiger partial charge in [-0.15, -0.1) is 11.8 Å². The molecule has 0 aromatic heterocycles. The van der Waals surface area contributed by atoms with Crippen molar-refractivity contribution >= 4 is 29.4 Å². The Labute approximate surface area is 135 Å². The molecule has 0 fully saturated rings. The van der Waals surface area contributed by atoms with Crippen LogP contribution in [0.25, 0.3) is 6.08 Å². The van der Waals surface area contributed by atoms with Gasteiger partial charge in [-0.3, -0.25) is 4.79 Å². The van der Waals surface area contributed by atoms with Crippen LogP contribution in [-0.4, -0.2) is 18.8 Å². The average molecular weight is 313 g/mol. The van der Waals surface area contributed by atoms with E-state index in [0.717, 1.165) is 21.9 Å². The van der Waals surface area contributed by atoms with E-state index in [1.807, 2.05) is 61.7 Å². The Kier molecular flexibility index (Phi) is 6.10. The van der Waals surface area contributed by atoms with Crippen LogP contribution >= 0.6 is 11.8 Å². The molecule has 22 heavy (non-hydrogen) atoms. The highest BCUT2D eigenvalue weighted by Crippen LogP contribution is 2.20. The number of para-hydroxylation sites is 1. The number of nitrogens with one attached hydrogen (secondary N) is 1. The molecule has 0 aliphatic heterocycles. The van der Waals surface area contributed by atoms with E-state index in [9.17, 15) is 4.79 Å². The van der Waals surface area contributed by atoms with E-state index in [-0.39, 0.29) is 5.91 Å². The molecule has 0 spiro atoms. The molecule has 0 bridgehead atoms. The van der Waals surface area contributed by atoms with Gasteiger partial charge in [0.2, 0.25) is 5.91 Å². The first-order valence-electron chi connectivity index (χ1n) is 7.08. The van der Waals surface area contributed by atoms with Gasteiger partial charge in [-0.2, -0.15) is 0 Å². The second-order valence-electron chi connectivity index (χ2n) is 4.53. The first kappa shape index (κ1) is 16.2.